The van der Waals surface area contributed by atoms with E-state index in [1.54, 1.807) is 6.92 Å². The van der Waals surface area contributed by atoms with Crippen molar-refractivity contribution in [3.05, 3.63) is 45.7 Å². The fraction of sp³-hybridized carbons (Fsp3) is 0.214. The van der Waals surface area contributed by atoms with Crippen LogP contribution in [0.15, 0.2) is 28.8 Å². The number of esters is 1. The third kappa shape index (κ3) is 4.06. The van der Waals surface area contributed by atoms with Crippen molar-refractivity contribution in [1.82, 2.24) is 5.16 Å². The first kappa shape index (κ1) is 16.9. The number of carbonyl (C=O) groups excluding carboxylic acids is 2. The molecule has 0 spiro atoms. The first-order valence-corrected chi connectivity index (χ1v) is 6.63. The van der Waals surface area contributed by atoms with Crippen LogP contribution in [0.4, 0.5) is 11.5 Å². The molecule has 1 aromatic heterocycles. The van der Waals surface area contributed by atoms with Crippen LogP contribution >= 0.6 is 0 Å². The molecule has 0 saturated heterocycles. The Balaban J connectivity index is 2.07. The summed E-state index contributed by atoms with van der Waals surface area (Å²) in [7, 11) is 1.16. The summed E-state index contributed by atoms with van der Waals surface area (Å²) in [5.41, 5.74) is -0.456. The molecule has 1 aromatic carbocycles. The molecule has 0 unspecified atom stereocenters. The van der Waals surface area contributed by atoms with Gasteiger partial charge in [0.05, 0.1) is 17.6 Å². The third-order valence-electron chi connectivity index (χ3n) is 2.83. The van der Waals surface area contributed by atoms with Crippen LogP contribution in [0.1, 0.15) is 16.1 Å². The molecule has 10 heteroatoms. The van der Waals surface area contributed by atoms with Gasteiger partial charge < -0.3 is 19.3 Å². The molecule has 1 heterocycles. The van der Waals surface area contributed by atoms with Crippen molar-refractivity contribution in [3.63, 3.8) is 0 Å². The van der Waals surface area contributed by atoms with Crippen LogP contribution in [0.25, 0.3) is 0 Å². The minimum Gasteiger partial charge on any atom is -0.477 e. The number of nitro groups is 1. The van der Waals surface area contributed by atoms with Gasteiger partial charge in [0, 0.05) is 12.1 Å². The Hall–Kier alpha value is -3.43. The number of rotatable bonds is 6. The van der Waals surface area contributed by atoms with Crippen LogP contribution < -0.4 is 10.1 Å². The van der Waals surface area contributed by atoms with Crippen molar-refractivity contribution in [2.45, 2.75) is 6.92 Å². The molecule has 1 N–H and O–H groups in total. The summed E-state index contributed by atoms with van der Waals surface area (Å²) in [6, 6.07) is 5.04. The molecular formula is C14H13N3O7. The number of carbonyl (C=O) groups is 2. The Morgan fingerprint density at radius 2 is 2.12 bits per heavy atom. The van der Waals surface area contributed by atoms with Gasteiger partial charge in [0.15, 0.2) is 18.2 Å². The van der Waals surface area contributed by atoms with E-state index in [0.29, 0.717) is 5.76 Å². The van der Waals surface area contributed by atoms with Crippen LogP contribution in [0.5, 0.6) is 5.75 Å². The predicted octanol–water partition coefficient (Wildman–Crippen LogP) is 1.70. The molecule has 0 radical (unpaired) electrons. The molecule has 10 nitrogen and oxygen atoms in total. The van der Waals surface area contributed by atoms with Crippen molar-refractivity contribution in [2.75, 3.05) is 19.0 Å². The van der Waals surface area contributed by atoms with Gasteiger partial charge >= 0.3 is 11.7 Å². The molecule has 126 valence electrons. The van der Waals surface area contributed by atoms with E-state index in [4.69, 9.17) is 9.26 Å². The highest BCUT2D eigenvalue weighted by molar-refractivity contribution is 5.91. The molecular weight excluding hydrogens is 322 g/mol. The number of ether oxygens (including phenoxy) is 2. The van der Waals surface area contributed by atoms with E-state index in [0.717, 1.165) is 13.2 Å². The van der Waals surface area contributed by atoms with E-state index < -0.39 is 29.1 Å². The van der Waals surface area contributed by atoms with Gasteiger partial charge in [-0.25, -0.2) is 4.79 Å². The number of aryl methyl sites for hydroxylation is 1. The highest BCUT2D eigenvalue weighted by Gasteiger charge is 2.20. The molecule has 0 bridgehead atoms. The van der Waals surface area contributed by atoms with E-state index in [1.807, 2.05) is 0 Å². The first-order chi connectivity index (χ1) is 11.4. The SMILES string of the molecule is COC(=O)c1ccc(OCC(=O)Nc2cc(C)on2)c([N+](=O)[O-])c1. The van der Waals surface area contributed by atoms with E-state index >= 15 is 0 Å². The lowest BCUT2D eigenvalue weighted by Gasteiger charge is -2.07. The van der Waals surface area contributed by atoms with Crippen LogP contribution in [0.2, 0.25) is 0 Å². The second-order valence-electron chi connectivity index (χ2n) is 4.59. The fourth-order valence-electron chi connectivity index (χ4n) is 1.77. The van der Waals surface area contributed by atoms with Crippen LogP contribution in [0.3, 0.4) is 0 Å². The molecule has 24 heavy (non-hydrogen) atoms. The summed E-state index contributed by atoms with van der Waals surface area (Å²) >= 11 is 0. The molecule has 0 aliphatic heterocycles. The third-order valence-corrected chi connectivity index (χ3v) is 2.83. The Labute approximate surface area is 135 Å². The van der Waals surface area contributed by atoms with Crippen molar-refractivity contribution < 1.29 is 28.5 Å². The Bertz CT molecular complexity index is 784. The smallest absolute Gasteiger partial charge is 0.338 e. The predicted molar refractivity (Wildman–Crippen MR) is 79.8 cm³/mol. The van der Waals surface area contributed by atoms with Gasteiger partial charge in [0.1, 0.15) is 5.76 Å². The number of aromatic nitrogens is 1. The molecule has 0 aliphatic carbocycles. The molecule has 0 aliphatic rings. The zero-order valence-electron chi connectivity index (χ0n) is 12.8. The van der Waals surface area contributed by atoms with Crippen LogP contribution in [-0.4, -0.2) is 35.7 Å². The zero-order valence-corrected chi connectivity index (χ0v) is 12.8. The van der Waals surface area contributed by atoms with Gasteiger partial charge in [-0.3, -0.25) is 14.9 Å². The molecule has 1 amide bonds. The summed E-state index contributed by atoms with van der Waals surface area (Å²) in [5, 5.41) is 17.1. The van der Waals surface area contributed by atoms with Gasteiger partial charge in [-0.05, 0) is 19.1 Å². The maximum atomic E-state index is 11.7. The quantitative estimate of drug-likeness (QED) is 0.479. The number of amides is 1. The van der Waals surface area contributed by atoms with Gasteiger partial charge in [-0.15, -0.1) is 0 Å². The number of hydrogen-bond donors (Lipinski definition) is 1. The summed E-state index contributed by atoms with van der Waals surface area (Å²) in [6.45, 7) is 1.18. The van der Waals surface area contributed by atoms with Gasteiger partial charge in [-0.1, -0.05) is 5.16 Å². The van der Waals surface area contributed by atoms with Crippen LogP contribution in [-0.2, 0) is 9.53 Å². The summed E-state index contributed by atoms with van der Waals surface area (Å²) in [6.07, 6.45) is 0. The Morgan fingerprint density at radius 1 is 1.38 bits per heavy atom. The normalized spacial score (nSPS) is 10.1. The number of nitro benzene ring substituents is 1. The molecule has 0 atom stereocenters. The lowest BCUT2D eigenvalue weighted by Crippen LogP contribution is -2.20. The molecule has 0 saturated carbocycles. The first-order valence-electron chi connectivity index (χ1n) is 6.63. The van der Waals surface area contributed by atoms with Crippen LogP contribution in [0, 0.1) is 17.0 Å². The molecule has 2 aromatic rings. The zero-order chi connectivity index (χ0) is 17.7. The van der Waals surface area contributed by atoms with E-state index in [1.165, 1.54) is 18.2 Å². The standard InChI is InChI=1S/C14H13N3O7/c1-8-5-12(16-24-8)15-13(18)7-23-11-4-3-9(14(19)22-2)6-10(11)17(20)21/h3-6H,7H2,1-2H3,(H,15,16,18). The lowest BCUT2D eigenvalue weighted by molar-refractivity contribution is -0.385. The second kappa shape index (κ2) is 7.22. The van der Waals surface area contributed by atoms with Gasteiger partial charge in [0.2, 0.25) is 0 Å². The second-order valence-corrected chi connectivity index (χ2v) is 4.59. The Kier molecular flexibility index (Phi) is 5.09. The molecule has 0 fully saturated rings. The van der Waals surface area contributed by atoms with E-state index in [-0.39, 0.29) is 17.1 Å². The van der Waals surface area contributed by atoms with E-state index in [2.05, 4.69) is 15.2 Å². The Morgan fingerprint density at radius 3 is 2.71 bits per heavy atom. The molecule has 2 rings (SSSR count). The topological polar surface area (TPSA) is 134 Å². The fourth-order valence-corrected chi connectivity index (χ4v) is 1.77. The highest BCUT2D eigenvalue weighted by Crippen LogP contribution is 2.28. The summed E-state index contributed by atoms with van der Waals surface area (Å²) in [5.74, 6) is -0.727. The van der Waals surface area contributed by atoms with Crippen molar-refractivity contribution in [2.24, 2.45) is 0 Å². The number of nitrogens with one attached hydrogen (secondary N) is 1. The number of methoxy groups -OCH3 is 1. The average molecular weight is 335 g/mol. The highest BCUT2D eigenvalue weighted by atomic mass is 16.6. The van der Waals surface area contributed by atoms with Crippen molar-refractivity contribution in [1.29, 1.82) is 0 Å². The summed E-state index contributed by atoms with van der Waals surface area (Å²) in [4.78, 5) is 33.5. The largest absolute Gasteiger partial charge is 0.477 e. The number of anilines is 1. The van der Waals surface area contributed by atoms with Crippen molar-refractivity contribution >= 4 is 23.4 Å². The minimum atomic E-state index is -0.722. The van der Waals surface area contributed by atoms with Gasteiger partial charge in [-0.2, -0.15) is 0 Å². The number of benzene rings is 1. The maximum Gasteiger partial charge on any atom is 0.338 e. The average Bonchev–Trinajstić information content (AvgIpc) is 2.96. The lowest BCUT2D eigenvalue weighted by atomic mass is 10.2. The minimum absolute atomic E-state index is 0.000858. The van der Waals surface area contributed by atoms with E-state index in [9.17, 15) is 19.7 Å². The monoisotopic (exact) mass is 335 g/mol. The number of nitrogens with zero attached hydrogens (tertiary/aromatic N) is 2. The maximum absolute atomic E-state index is 11.7. The van der Waals surface area contributed by atoms with Gasteiger partial charge in [0.25, 0.3) is 5.91 Å². The number of hydrogen-bond acceptors (Lipinski definition) is 8. The van der Waals surface area contributed by atoms with Crippen molar-refractivity contribution in [3.8, 4) is 5.75 Å². The summed E-state index contributed by atoms with van der Waals surface area (Å²) < 4.78 is 14.4.